The topological polar surface area (TPSA) is 51.4 Å². The first-order valence-corrected chi connectivity index (χ1v) is 8.69. The van der Waals surface area contributed by atoms with Crippen molar-refractivity contribution in [1.82, 2.24) is 15.1 Å². The minimum absolute atomic E-state index is 0.00433. The molecule has 0 bridgehead atoms. The van der Waals surface area contributed by atoms with E-state index in [4.69, 9.17) is 9.15 Å². The lowest BCUT2D eigenvalue weighted by Gasteiger charge is -2.34. The number of benzene rings is 2. The van der Waals surface area contributed by atoms with Gasteiger partial charge < -0.3 is 9.15 Å². The van der Waals surface area contributed by atoms with Gasteiger partial charge in [-0.05, 0) is 29.7 Å². The summed E-state index contributed by atoms with van der Waals surface area (Å²) in [4.78, 5) is 2.25. The van der Waals surface area contributed by atoms with Crippen molar-refractivity contribution < 1.29 is 13.5 Å². The molecule has 0 unspecified atom stereocenters. The van der Waals surface area contributed by atoms with E-state index in [2.05, 4.69) is 27.2 Å². The number of halogens is 1. The van der Waals surface area contributed by atoms with Crippen LogP contribution in [0.15, 0.2) is 52.9 Å². The highest BCUT2D eigenvalue weighted by Gasteiger charge is 2.30. The number of para-hydroxylation sites is 1. The Labute approximate surface area is 151 Å². The molecule has 1 atom stereocenters. The monoisotopic (exact) mass is 353 g/mol. The lowest BCUT2D eigenvalue weighted by molar-refractivity contribution is 0.119. The van der Waals surface area contributed by atoms with Gasteiger partial charge in [-0.1, -0.05) is 36.4 Å². The Morgan fingerprint density at radius 2 is 1.88 bits per heavy atom. The predicted octanol–water partition coefficient (Wildman–Crippen LogP) is 3.70. The van der Waals surface area contributed by atoms with Crippen molar-refractivity contribution in [3.8, 4) is 5.75 Å². The number of aromatic nitrogens is 2. The highest BCUT2D eigenvalue weighted by Crippen LogP contribution is 2.32. The average Bonchev–Trinajstić information content (AvgIpc) is 3.09. The zero-order valence-electron chi connectivity index (χ0n) is 14.6. The maximum Gasteiger partial charge on any atom is 0.233 e. The van der Waals surface area contributed by atoms with Gasteiger partial charge in [0, 0.05) is 20.0 Å². The Bertz CT molecular complexity index is 896. The van der Waals surface area contributed by atoms with Crippen LogP contribution in [-0.2, 0) is 13.0 Å². The third kappa shape index (κ3) is 3.46. The SMILES string of the molecule is Cc1nnc([C@H]2Cc3ccccc3CN2CCOc2ccccc2F)o1. The first-order valence-electron chi connectivity index (χ1n) is 8.69. The van der Waals surface area contributed by atoms with E-state index in [0.717, 1.165) is 13.0 Å². The second-order valence-electron chi connectivity index (χ2n) is 6.40. The van der Waals surface area contributed by atoms with Gasteiger partial charge in [-0.3, -0.25) is 4.90 Å². The van der Waals surface area contributed by atoms with Gasteiger partial charge in [0.15, 0.2) is 11.6 Å². The lowest BCUT2D eigenvalue weighted by Crippen LogP contribution is -2.37. The second-order valence-corrected chi connectivity index (χ2v) is 6.40. The van der Waals surface area contributed by atoms with Gasteiger partial charge in [0.2, 0.25) is 11.8 Å². The molecule has 1 aliphatic rings. The van der Waals surface area contributed by atoms with E-state index in [-0.39, 0.29) is 17.6 Å². The molecular weight excluding hydrogens is 333 g/mol. The molecule has 2 heterocycles. The van der Waals surface area contributed by atoms with Crippen LogP contribution in [0.4, 0.5) is 4.39 Å². The van der Waals surface area contributed by atoms with Gasteiger partial charge >= 0.3 is 0 Å². The van der Waals surface area contributed by atoms with Crippen LogP contribution in [0.3, 0.4) is 0 Å². The van der Waals surface area contributed by atoms with Crippen LogP contribution < -0.4 is 4.74 Å². The summed E-state index contributed by atoms with van der Waals surface area (Å²) in [5, 5.41) is 8.18. The number of ether oxygens (including phenoxy) is 1. The fourth-order valence-electron chi connectivity index (χ4n) is 3.34. The summed E-state index contributed by atoms with van der Waals surface area (Å²) in [6.45, 7) is 3.57. The van der Waals surface area contributed by atoms with Gasteiger partial charge in [0.05, 0.1) is 6.04 Å². The first-order chi connectivity index (χ1) is 12.7. The molecule has 1 aromatic heterocycles. The molecule has 0 fully saturated rings. The van der Waals surface area contributed by atoms with Crippen LogP contribution in [0.25, 0.3) is 0 Å². The number of hydrogen-bond acceptors (Lipinski definition) is 5. The van der Waals surface area contributed by atoms with Crippen LogP contribution in [-0.4, -0.2) is 28.2 Å². The summed E-state index contributed by atoms with van der Waals surface area (Å²) in [5.41, 5.74) is 2.57. The predicted molar refractivity (Wildman–Crippen MR) is 94.2 cm³/mol. The van der Waals surface area contributed by atoms with Crippen molar-refractivity contribution in [2.75, 3.05) is 13.2 Å². The van der Waals surface area contributed by atoms with Crippen LogP contribution in [0, 0.1) is 12.7 Å². The molecule has 4 rings (SSSR count). The lowest BCUT2D eigenvalue weighted by atomic mass is 9.94. The van der Waals surface area contributed by atoms with Gasteiger partial charge in [-0.15, -0.1) is 10.2 Å². The molecule has 0 spiro atoms. The molecule has 0 saturated heterocycles. The van der Waals surface area contributed by atoms with Crippen molar-refractivity contribution in [3.63, 3.8) is 0 Å². The maximum absolute atomic E-state index is 13.7. The van der Waals surface area contributed by atoms with Crippen molar-refractivity contribution in [1.29, 1.82) is 0 Å². The van der Waals surface area contributed by atoms with Crippen LogP contribution in [0.1, 0.15) is 29.0 Å². The number of rotatable bonds is 5. The van der Waals surface area contributed by atoms with Crippen LogP contribution >= 0.6 is 0 Å². The van der Waals surface area contributed by atoms with E-state index in [1.54, 1.807) is 25.1 Å². The largest absolute Gasteiger partial charge is 0.489 e. The molecular formula is C20H20FN3O2. The fourth-order valence-corrected chi connectivity index (χ4v) is 3.34. The van der Waals surface area contributed by atoms with Gasteiger partial charge in [0.25, 0.3) is 0 Å². The molecule has 26 heavy (non-hydrogen) atoms. The molecule has 0 saturated carbocycles. The molecule has 0 aliphatic carbocycles. The Morgan fingerprint density at radius 3 is 2.65 bits per heavy atom. The summed E-state index contributed by atoms with van der Waals surface area (Å²) in [7, 11) is 0. The highest BCUT2D eigenvalue weighted by molar-refractivity contribution is 5.31. The third-order valence-corrected chi connectivity index (χ3v) is 4.65. The quantitative estimate of drug-likeness (QED) is 0.700. The van der Waals surface area contributed by atoms with Crippen molar-refractivity contribution >= 4 is 0 Å². The fraction of sp³-hybridized carbons (Fsp3) is 0.300. The number of aryl methyl sites for hydroxylation is 1. The van der Waals surface area contributed by atoms with E-state index in [9.17, 15) is 4.39 Å². The zero-order valence-corrected chi connectivity index (χ0v) is 14.6. The van der Waals surface area contributed by atoms with Crippen molar-refractivity contribution in [2.45, 2.75) is 25.9 Å². The molecule has 0 N–H and O–H groups in total. The van der Waals surface area contributed by atoms with E-state index in [0.29, 0.717) is 24.9 Å². The van der Waals surface area contributed by atoms with E-state index in [1.807, 2.05) is 12.1 Å². The summed E-state index contributed by atoms with van der Waals surface area (Å²) in [6.07, 6.45) is 0.803. The smallest absolute Gasteiger partial charge is 0.233 e. The number of hydrogen-bond donors (Lipinski definition) is 0. The molecule has 0 radical (unpaired) electrons. The number of nitrogens with zero attached hydrogens (tertiary/aromatic N) is 3. The summed E-state index contributed by atoms with van der Waals surface area (Å²) >= 11 is 0. The second kappa shape index (κ2) is 7.25. The first kappa shape index (κ1) is 16.7. The van der Waals surface area contributed by atoms with E-state index >= 15 is 0 Å². The van der Waals surface area contributed by atoms with E-state index in [1.165, 1.54) is 17.2 Å². The Balaban J connectivity index is 1.51. The Morgan fingerprint density at radius 1 is 1.12 bits per heavy atom. The molecule has 6 heteroatoms. The molecule has 1 aliphatic heterocycles. The van der Waals surface area contributed by atoms with Crippen molar-refractivity contribution in [2.24, 2.45) is 0 Å². The summed E-state index contributed by atoms with van der Waals surface area (Å²) in [6, 6.07) is 14.8. The van der Waals surface area contributed by atoms with Crippen molar-refractivity contribution in [3.05, 3.63) is 77.3 Å². The van der Waals surface area contributed by atoms with E-state index < -0.39 is 0 Å². The summed E-state index contributed by atoms with van der Waals surface area (Å²) in [5.74, 6) is 1.10. The normalized spacial score (nSPS) is 17.1. The molecule has 2 aromatic carbocycles. The minimum Gasteiger partial charge on any atom is -0.489 e. The molecule has 134 valence electrons. The minimum atomic E-state index is -0.347. The van der Waals surface area contributed by atoms with Gasteiger partial charge in [0.1, 0.15) is 6.61 Å². The van der Waals surface area contributed by atoms with Crippen LogP contribution in [0.2, 0.25) is 0 Å². The molecule has 5 nitrogen and oxygen atoms in total. The summed E-state index contributed by atoms with van der Waals surface area (Å²) < 4.78 is 25.0. The zero-order chi connectivity index (χ0) is 17.9. The maximum atomic E-state index is 13.7. The number of fused-ring (bicyclic) bond motifs is 1. The van der Waals surface area contributed by atoms with Gasteiger partial charge in [-0.2, -0.15) is 0 Å². The third-order valence-electron chi connectivity index (χ3n) is 4.65. The Kier molecular flexibility index (Phi) is 4.67. The molecule has 0 amide bonds. The van der Waals surface area contributed by atoms with Crippen LogP contribution in [0.5, 0.6) is 5.75 Å². The highest BCUT2D eigenvalue weighted by atomic mass is 19.1. The van der Waals surface area contributed by atoms with Gasteiger partial charge in [-0.25, -0.2) is 4.39 Å². The average molecular weight is 353 g/mol. The molecule has 3 aromatic rings. The standard InChI is InChI=1S/C20H20FN3O2/c1-14-22-23-20(26-14)18-12-15-6-2-3-7-16(15)13-24(18)10-11-25-19-9-5-4-8-17(19)21/h2-9,18H,10-13H2,1H3/t18-/m1/s1. The Hall–Kier alpha value is -2.73.